The summed E-state index contributed by atoms with van der Waals surface area (Å²) in [4.78, 5) is 2.22. The van der Waals surface area contributed by atoms with Gasteiger partial charge in [-0.05, 0) is 111 Å². The van der Waals surface area contributed by atoms with Gasteiger partial charge in [-0.25, -0.2) is 0 Å². The number of hydrogen-bond donors (Lipinski definition) is 1. The average Bonchev–Trinajstić information content (AvgIpc) is 3.23. The van der Waals surface area contributed by atoms with E-state index in [1.165, 1.54) is 38.7 Å². The van der Waals surface area contributed by atoms with Crippen molar-refractivity contribution in [3.8, 4) is 34.6 Å². The first-order valence-electron chi connectivity index (χ1n) is 18.5. The van der Waals surface area contributed by atoms with Crippen LogP contribution in [-0.4, -0.2) is 6.54 Å². The lowest BCUT2D eigenvalue weighted by molar-refractivity contribution is 0.790. The van der Waals surface area contributed by atoms with E-state index in [0.717, 1.165) is 52.2 Å². The second kappa shape index (κ2) is 17.1. The minimum atomic E-state index is 0.644. The van der Waals surface area contributed by atoms with Gasteiger partial charge in [0, 0.05) is 29.7 Å². The van der Waals surface area contributed by atoms with Gasteiger partial charge in [0.25, 0.3) is 0 Å². The quantitative estimate of drug-likeness (QED) is 0.101. The van der Waals surface area contributed by atoms with E-state index in [0.29, 0.717) is 6.54 Å². The molecule has 0 aliphatic heterocycles. The lowest BCUT2D eigenvalue weighted by Gasteiger charge is -2.26. The Morgan fingerprint density at radius 2 is 1.35 bits per heavy atom. The summed E-state index contributed by atoms with van der Waals surface area (Å²) in [6, 6.07) is 51.4. The molecule has 1 aliphatic rings. The second-order valence-electron chi connectivity index (χ2n) is 13.4. The van der Waals surface area contributed by atoms with Crippen LogP contribution in [0.4, 0.5) is 11.4 Å². The van der Waals surface area contributed by atoms with Crippen molar-refractivity contribution >= 4 is 28.2 Å². The summed E-state index contributed by atoms with van der Waals surface area (Å²) in [5.74, 6) is 2.81. The number of allylic oxidation sites excluding steroid dienone is 8. The Bertz CT molecular complexity index is 2450. The van der Waals surface area contributed by atoms with Crippen molar-refractivity contribution in [2.45, 2.75) is 19.8 Å². The number of fused-ring (bicyclic) bond motifs is 1. The molecule has 0 saturated carbocycles. The van der Waals surface area contributed by atoms with Gasteiger partial charge in [0.05, 0.1) is 5.70 Å². The summed E-state index contributed by atoms with van der Waals surface area (Å²) in [6.45, 7) is 7.19. The number of nitrogens with zero attached hydrogens (tertiary/aromatic N) is 1. The molecule has 1 N–H and O–H groups in total. The van der Waals surface area contributed by atoms with Gasteiger partial charge in [-0.3, -0.25) is 0 Å². The first-order valence-corrected chi connectivity index (χ1v) is 18.5. The van der Waals surface area contributed by atoms with Gasteiger partial charge in [0.2, 0.25) is 0 Å². The van der Waals surface area contributed by atoms with E-state index in [-0.39, 0.29) is 0 Å². The molecular weight excluding hydrogens is 653 g/mol. The normalized spacial score (nSPS) is 13.1. The maximum Gasteiger partial charge on any atom is 0.0542 e. The summed E-state index contributed by atoms with van der Waals surface area (Å²) in [5, 5.41) is 6.16. The summed E-state index contributed by atoms with van der Waals surface area (Å²) < 4.78 is 0. The largest absolute Gasteiger partial charge is 0.384 e. The van der Waals surface area contributed by atoms with Crippen molar-refractivity contribution < 1.29 is 0 Å². The molecular formula is C52H44N2. The van der Waals surface area contributed by atoms with Crippen LogP contribution < -0.4 is 10.2 Å². The molecule has 0 saturated heterocycles. The highest BCUT2D eigenvalue weighted by atomic mass is 15.1. The molecule has 0 amide bonds. The van der Waals surface area contributed by atoms with Gasteiger partial charge in [-0.1, -0.05) is 158 Å². The molecule has 0 bridgehead atoms. The van der Waals surface area contributed by atoms with Crippen molar-refractivity contribution in [3.05, 3.63) is 222 Å². The smallest absolute Gasteiger partial charge is 0.0542 e. The molecule has 2 heteroatoms. The fourth-order valence-electron chi connectivity index (χ4n) is 6.89. The maximum atomic E-state index is 5.99. The third-order valence-electron chi connectivity index (χ3n) is 9.82. The Balaban J connectivity index is 1.15. The summed E-state index contributed by atoms with van der Waals surface area (Å²) >= 11 is 0. The molecule has 262 valence electrons. The summed E-state index contributed by atoms with van der Waals surface area (Å²) in [5.41, 5.74) is 13.4. The van der Waals surface area contributed by atoms with Crippen LogP contribution in [0.15, 0.2) is 211 Å². The Labute approximate surface area is 320 Å². The Morgan fingerprint density at radius 1 is 0.722 bits per heavy atom. The highest BCUT2D eigenvalue weighted by molar-refractivity contribution is 5.87. The predicted molar refractivity (Wildman–Crippen MR) is 232 cm³/mol. The van der Waals surface area contributed by atoms with Crippen LogP contribution >= 0.6 is 0 Å². The molecule has 0 aromatic heterocycles. The lowest BCUT2D eigenvalue weighted by Crippen LogP contribution is -2.18. The van der Waals surface area contributed by atoms with Crippen LogP contribution in [0.1, 0.15) is 24.0 Å². The van der Waals surface area contributed by atoms with E-state index in [2.05, 4.69) is 206 Å². The fourth-order valence-corrected chi connectivity index (χ4v) is 6.89. The zero-order valence-corrected chi connectivity index (χ0v) is 30.8. The Morgan fingerprint density at radius 3 is 2.07 bits per heavy atom. The van der Waals surface area contributed by atoms with Gasteiger partial charge in [0.1, 0.15) is 0 Å². The van der Waals surface area contributed by atoms with Gasteiger partial charge in [-0.2, -0.15) is 0 Å². The molecule has 0 unspecified atom stereocenters. The highest BCUT2D eigenvalue weighted by Crippen LogP contribution is 2.34. The van der Waals surface area contributed by atoms with Crippen molar-refractivity contribution in [2.24, 2.45) is 0 Å². The Hall–Kier alpha value is -6.82. The number of hydrogen-bond acceptors (Lipinski definition) is 2. The van der Waals surface area contributed by atoms with Crippen molar-refractivity contribution in [3.63, 3.8) is 0 Å². The standard InChI is InChI=1S/C52H44N2/c1-4-15-48(22-14-37-53-52-24-13-12-23-51(52)40(3)25-26-41-17-9-8-16-39(41)2)54(49-33-29-44(30-34-49)42-18-6-5-7-19-42)50-35-31-45(32-36-50)47-28-27-43-20-10-11-21-46(43)38-47/h1,5-12,14-23,25-36,38,53H,3,13,24,37H2,2H3/b22-14-,26-25-,48-15+. The number of aryl methyl sites for hydroxylation is 1. The van der Waals surface area contributed by atoms with Gasteiger partial charge < -0.3 is 10.2 Å². The monoisotopic (exact) mass is 696 g/mol. The molecule has 2 nitrogen and oxygen atoms in total. The van der Waals surface area contributed by atoms with E-state index in [1.807, 2.05) is 12.1 Å². The number of anilines is 2. The number of nitrogens with one attached hydrogen (secondary N) is 1. The van der Waals surface area contributed by atoms with E-state index in [4.69, 9.17) is 6.42 Å². The van der Waals surface area contributed by atoms with Crippen LogP contribution in [0.2, 0.25) is 0 Å². The van der Waals surface area contributed by atoms with E-state index >= 15 is 0 Å². The summed E-state index contributed by atoms with van der Waals surface area (Å²) in [7, 11) is 0. The first kappa shape index (κ1) is 35.6. The molecule has 0 atom stereocenters. The van der Waals surface area contributed by atoms with Crippen molar-refractivity contribution in [1.29, 1.82) is 0 Å². The molecule has 0 radical (unpaired) electrons. The fraction of sp³-hybridized carbons (Fsp3) is 0.0769. The van der Waals surface area contributed by atoms with Crippen LogP contribution in [-0.2, 0) is 0 Å². The molecule has 7 rings (SSSR count). The zero-order chi connectivity index (χ0) is 37.1. The molecule has 54 heavy (non-hydrogen) atoms. The molecule has 0 spiro atoms. The van der Waals surface area contributed by atoms with Gasteiger partial charge in [0.15, 0.2) is 0 Å². The number of rotatable bonds is 12. The third-order valence-corrected chi connectivity index (χ3v) is 9.82. The van der Waals surface area contributed by atoms with Crippen LogP contribution in [0.3, 0.4) is 0 Å². The highest BCUT2D eigenvalue weighted by Gasteiger charge is 2.15. The lowest BCUT2D eigenvalue weighted by atomic mass is 9.96. The van der Waals surface area contributed by atoms with Crippen LogP contribution in [0.5, 0.6) is 0 Å². The Kier molecular flexibility index (Phi) is 11.3. The third kappa shape index (κ3) is 8.45. The molecule has 6 aromatic rings. The SMILES string of the molecule is C#C/C=C(\C=C/CNC1=C(C(=C)/C=C\c2ccccc2C)C=CCC1)N(c1ccc(-c2ccccc2)cc1)c1ccc(-c2ccc3ccccc3c2)cc1. The van der Waals surface area contributed by atoms with E-state index in [9.17, 15) is 0 Å². The average molecular weight is 697 g/mol. The van der Waals surface area contributed by atoms with Gasteiger partial charge >= 0.3 is 0 Å². The predicted octanol–water partition coefficient (Wildman–Crippen LogP) is 13.2. The minimum absolute atomic E-state index is 0.644. The van der Waals surface area contributed by atoms with Crippen LogP contribution in [0.25, 0.3) is 39.1 Å². The first-order chi connectivity index (χ1) is 26.6. The second-order valence-corrected chi connectivity index (χ2v) is 13.4. The maximum absolute atomic E-state index is 5.99. The number of terminal acetylenes is 1. The van der Waals surface area contributed by atoms with Crippen molar-refractivity contribution in [1.82, 2.24) is 5.32 Å². The van der Waals surface area contributed by atoms with Crippen LogP contribution in [0, 0.1) is 19.3 Å². The molecule has 6 aromatic carbocycles. The number of benzene rings is 6. The van der Waals surface area contributed by atoms with E-state index < -0.39 is 0 Å². The van der Waals surface area contributed by atoms with Gasteiger partial charge in [-0.15, -0.1) is 6.42 Å². The molecule has 1 aliphatic carbocycles. The zero-order valence-electron chi connectivity index (χ0n) is 30.8. The molecule has 0 fully saturated rings. The van der Waals surface area contributed by atoms with E-state index in [1.54, 1.807) is 0 Å². The molecule has 0 heterocycles. The van der Waals surface area contributed by atoms with Crippen molar-refractivity contribution in [2.75, 3.05) is 11.4 Å². The minimum Gasteiger partial charge on any atom is -0.384 e. The topological polar surface area (TPSA) is 15.3 Å². The summed E-state index contributed by atoms with van der Waals surface area (Å²) in [6.07, 6.45) is 22.7.